The summed E-state index contributed by atoms with van der Waals surface area (Å²) in [6, 6.07) is 17.2. The average molecular weight is 267 g/mol. The Balaban J connectivity index is 1.90. The van der Waals surface area contributed by atoms with Crippen molar-refractivity contribution in [3.63, 3.8) is 0 Å². The minimum atomic E-state index is -0.801. The molecule has 0 aromatic heterocycles. The molecule has 0 spiro atoms. The molecular weight excluding hydrogens is 254 g/mol. The molecule has 0 aliphatic heterocycles. The first kappa shape index (κ1) is 12.5. The number of ketones is 1. The van der Waals surface area contributed by atoms with Crippen LogP contribution in [-0.4, -0.2) is 16.7 Å². The number of Topliss-reactive ketones (excluding diaryl/α,β-unsaturated/α-hetero) is 1. The number of benzene rings is 2. The van der Waals surface area contributed by atoms with E-state index in [0.717, 1.165) is 5.56 Å². The van der Waals surface area contributed by atoms with Crippen LogP contribution >= 0.6 is 0 Å². The van der Waals surface area contributed by atoms with Crippen LogP contribution in [0.5, 0.6) is 0 Å². The number of nitrogens with zero attached hydrogens (tertiary/aromatic N) is 1. The van der Waals surface area contributed by atoms with Gasteiger partial charge in [-0.15, -0.1) is 0 Å². The van der Waals surface area contributed by atoms with Gasteiger partial charge in [-0.3, -0.25) is 14.9 Å². The molecule has 2 aromatic carbocycles. The Morgan fingerprint density at radius 1 is 0.950 bits per heavy atom. The lowest BCUT2D eigenvalue weighted by Crippen LogP contribution is -2.10. The number of rotatable bonds is 4. The van der Waals surface area contributed by atoms with Crippen LogP contribution in [0.4, 0.5) is 0 Å². The van der Waals surface area contributed by atoms with E-state index < -0.39 is 12.0 Å². The maximum absolute atomic E-state index is 12.4. The van der Waals surface area contributed by atoms with Crippen LogP contribution in [0.25, 0.3) is 0 Å². The van der Waals surface area contributed by atoms with Gasteiger partial charge in [0.2, 0.25) is 6.04 Å². The molecular formula is C16H13NO3. The second kappa shape index (κ2) is 4.89. The summed E-state index contributed by atoms with van der Waals surface area (Å²) in [5.74, 6) is -0.991. The standard InChI is InChI=1S/C16H13NO3/c18-16(12-9-5-2-6-10-12)14-13(15(14)17(19)20)11-7-3-1-4-8-11/h1-10,13-15H/t13-,14-,15-/m1/s1. The molecule has 100 valence electrons. The molecule has 0 saturated heterocycles. The molecule has 1 fully saturated rings. The fourth-order valence-electron chi connectivity index (χ4n) is 2.75. The van der Waals surface area contributed by atoms with Gasteiger partial charge in [-0.05, 0) is 5.56 Å². The molecule has 2 aromatic rings. The molecule has 0 bridgehead atoms. The minimum Gasteiger partial charge on any atom is -0.294 e. The highest BCUT2D eigenvalue weighted by Gasteiger charge is 2.64. The number of hydrogen-bond donors (Lipinski definition) is 0. The van der Waals surface area contributed by atoms with E-state index in [2.05, 4.69) is 0 Å². The molecule has 4 nitrogen and oxygen atoms in total. The van der Waals surface area contributed by atoms with Gasteiger partial charge in [0.15, 0.2) is 5.78 Å². The molecule has 0 N–H and O–H groups in total. The van der Waals surface area contributed by atoms with Gasteiger partial charge in [-0.2, -0.15) is 0 Å². The average Bonchev–Trinajstić information content (AvgIpc) is 3.24. The molecule has 0 radical (unpaired) electrons. The first-order chi connectivity index (χ1) is 9.70. The predicted molar refractivity (Wildman–Crippen MR) is 74.2 cm³/mol. The zero-order valence-corrected chi connectivity index (χ0v) is 10.7. The van der Waals surface area contributed by atoms with E-state index in [1.807, 2.05) is 36.4 Å². The van der Waals surface area contributed by atoms with Gasteiger partial charge in [0, 0.05) is 10.5 Å². The second-order valence-electron chi connectivity index (χ2n) is 4.97. The van der Waals surface area contributed by atoms with Crippen molar-refractivity contribution in [2.45, 2.75) is 12.0 Å². The first-order valence-electron chi connectivity index (χ1n) is 6.48. The van der Waals surface area contributed by atoms with E-state index in [1.54, 1.807) is 24.3 Å². The fourth-order valence-corrected chi connectivity index (χ4v) is 2.75. The topological polar surface area (TPSA) is 60.2 Å². The number of nitro groups is 1. The Labute approximate surface area is 116 Å². The maximum Gasteiger partial charge on any atom is 0.231 e. The lowest BCUT2D eigenvalue weighted by atomic mass is 10.0. The number of carbonyl (C=O) groups excluding carboxylic acids is 1. The van der Waals surface area contributed by atoms with E-state index in [1.165, 1.54) is 0 Å². The van der Waals surface area contributed by atoms with Crippen LogP contribution in [0, 0.1) is 16.0 Å². The van der Waals surface area contributed by atoms with Gasteiger partial charge in [-0.1, -0.05) is 60.7 Å². The lowest BCUT2D eigenvalue weighted by Gasteiger charge is -1.98. The van der Waals surface area contributed by atoms with Gasteiger partial charge in [0.1, 0.15) is 5.92 Å². The molecule has 20 heavy (non-hydrogen) atoms. The fraction of sp³-hybridized carbons (Fsp3) is 0.188. The summed E-state index contributed by atoms with van der Waals surface area (Å²) >= 11 is 0. The highest BCUT2D eigenvalue weighted by Crippen LogP contribution is 2.51. The Morgan fingerprint density at radius 3 is 2.05 bits per heavy atom. The van der Waals surface area contributed by atoms with Crippen LogP contribution < -0.4 is 0 Å². The minimum absolute atomic E-state index is 0.138. The van der Waals surface area contributed by atoms with Crippen molar-refractivity contribution in [3.05, 3.63) is 81.9 Å². The summed E-state index contributed by atoms with van der Waals surface area (Å²) < 4.78 is 0. The third kappa shape index (κ3) is 2.09. The van der Waals surface area contributed by atoms with Crippen LogP contribution in [0.3, 0.4) is 0 Å². The molecule has 4 heteroatoms. The maximum atomic E-state index is 12.4. The molecule has 1 saturated carbocycles. The Hall–Kier alpha value is -2.49. The molecule has 1 aliphatic carbocycles. The van der Waals surface area contributed by atoms with E-state index in [0.29, 0.717) is 5.56 Å². The molecule has 0 unspecified atom stereocenters. The SMILES string of the molecule is O=C(c1ccccc1)[C@@H]1[C@@H](c2ccccc2)[C@H]1[N+](=O)[O-]. The highest BCUT2D eigenvalue weighted by molar-refractivity contribution is 6.01. The Bertz CT molecular complexity index is 639. The van der Waals surface area contributed by atoms with Crippen LogP contribution in [0.1, 0.15) is 21.8 Å². The van der Waals surface area contributed by atoms with Crippen molar-refractivity contribution in [1.29, 1.82) is 0 Å². The van der Waals surface area contributed by atoms with Gasteiger partial charge < -0.3 is 0 Å². The number of hydrogen-bond acceptors (Lipinski definition) is 3. The first-order valence-corrected chi connectivity index (χ1v) is 6.48. The zero-order valence-electron chi connectivity index (χ0n) is 10.7. The van der Waals surface area contributed by atoms with Crippen molar-refractivity contribution in [2.75, 3.05) is 0 Å². The van der Waals surface area contributed by atoms with E-state index in [-0.39, 0.29) is 16.6 Å². The summed E-state index contributed by atoms with van der Waals surface area (Å²) in [7, 11) is 0. The smallest absolute Gasteiger partial charge is 0.231 e. The normalized spacial score (nSPS) is 24.1. The van der Waals surface area contributed by atoms with Gasteiger partial charge in [0.25, 0.3) is 0 Å². The van der Waals surface area contributed by atoms with Crippen LogP contribution in [-0.2, 0) is 0 Å². The predicted octanol–water partition coefficient (Wildman–Crippen LogP) is 2.93. The van der Waals surface area contributed by atoms with Crippen molar-refractivity contribution in [3.8, 4) is 0 Å². The summed E-state index contributed by atoms with van der Waals surface area (Å²) in [4.78, 5) is 23.2. The zero-order chi connectivity index (χ0) is 14.1. The van der Waals surface area contributed by atoms with Crippen molar-refractivity contribution < 1.29 is 9.72 Å². The van der Waals surface area contributed by atoms with Gasteiger partial charge in [-0.25, -0.2) is 0 Å². The van der Waals surface area contributed by atoms with Gasteiger partial charge in [0.05, 0.1) is 5.92 Å². The molecule has 0 amide bonds. The summed E-state index contributed by atoms with van der Waals surface area (Å²) in [5.41, 5.74) is 1.41. The third-order valence-electron chi connectivity index (χ3n) is 3.77. The highest BCUT2D eigenvalue weighted by atomic mass is 16.6. The second-order valence-corrected chi connectivity index (χ2v) is 4.97. The number of carbonyl (C=O) groups is 1. The monoisotopic (exact) mass is 267 g/mol. The Kier molecular flexibility index (Phi) is 3.06. The van der Waals surface area contributed by atoms with Crippen molar-refractivity contribution in [2.24, 2.45) is 5.92 Å². The summed E-state index contributed by atoms with van der Waals surface area (Å²) in [6.45, 7) is 0. The molecule has 1 aliphatic rings. The van der Waals surface area contributed by atoms with Crippen molar-refractivity contribution in [1.82, 2.24) is 0 Å². The van der Waals surface area contributed by atoms with E-state index >= 15 is 0 Å². The third-order valence-corrected chi connectivity index (χ3v) is 3.77. The van der Waals surface area contributed by atoms with Crippen molar-refractivity contribution >= 4 is 5.78 Å². The van der Waals surface area contributed by atoms with Crippen LogP contribution in [0.2, 0.25) is 0 Å². The molecule has 3 atom stereocenters. The van der Waals surface area contributed by atoms with E-state index in [4.69, 9.17) is 0 Å². The Morgan fingerprint density at radius 2 is 1.50 bits per heavy atom. The molecule has 0 heterocycles. The summed E-state index contributed by atoms with van der Waals surface area (Å²) in [5, 5.41) is 11.1. The molecule has 3 rings (SSSR count). The van der Waals surface area contributed by atoms with E-state index in [9.17, 15) is 14.9 Å². The summed E-state index contributed by atoms with van der Waals surface area (Å²) in [6.07, 6.45) is 0. The lowest BCUT2D eigenvalue weighted by molar-refractivity contribution is -0.498. The quantitative estimate of drug-likeness (QED) is 0.486. The van der Waals surface area contributed by atoms with Gasteiger partial charge >= 0.3 is 0 Å². The largest absolute Gasteiger partial charge is 0.294 e. The van der Waals surface area contributed by atoms with Crippen LogP contribution in [0.15, 0.2) is 60.7 Å².